The molecule has 0 spiro atoms. The lowest BCUT2D eigenvalue weighted by Gasteiger charge is -2.10. The van der Waals surface area contributed by atoms with Gasteiger partial charge in [-0.3, -0.25) is 14.5 Å². The minimum Gasteiger partial charge on any atom is -0.454 e. The van der Waals surface area contributed by atoms with Crippen LogP contribution < -0.4 is 10.0 Å². The summed E-state index contributed by atoms with van der Waals surface area (Å²) >= 11 is 0. The second kappa shape index (κ2) is 9.95. The van der Waals surface area contributed by atoms with Gasteiger partial charge in [0.05, 0.1) is 4.90 Å². The van der Waals surface area contributed by atoms with Crippen molar-refractivity contribution in [1.82, 2.24) is 10.0 Å². The third-order valence-corrected chi connectivity index (χ3v) is 6.45. The number of amidine groups is 1. The zero-order valence-corrected chi connectivity index (χ0v) is 19.1. The van der Waals surface area contributed by atoms with Crippen LogP contribution in [-0.2, 0) is 30.8 Å². The van der Waals surface area contributed by atoms with Gasteiger partial charge in [0.1, 0.15) is 11.9 Å². The normalized spacial score (nSPS) is 16.3. The van der Waals surface area contributed by atoms with E-state index < -0.39 is 34.5 Å². The fourth-order valence-electron chi connectivity index (χ4n) is 3.20. The molecule has 0 saturated carbocycles. The molecular formula is C23H27N3O5S. The molecule has 0 radical (unpaired) electrons. The lowest BCUT2D eigenvalue weighted by Crippen LogP contribution is -2.32. The number of nitrogens with one attached hydrogen (secondary N) is 2. The molecule has 0 bridgehead atoms. The van der Waals surface area contributed by atoms with Crippen molar-refractivity contribution in [1.29, 1.82) is 0 Å². The van der Waals surface area contributed by atoms with E-state index in [4.69, 9.17) is 4.74 Å². The highest BCUT2D eigenvalue weighted by Crippen LogP contribution is 2.22. The van der Waals surface area contributed by atoms with Gasteiger partial charge in [-0.1, -0.05) is 50.2 Å². The molecule has 1 heterocycles. The molecule has 1 atom stereocenters. The second-order valence-electron chi connectivity index (χ2n) is 7.86. The summed E-state index contributed by atoms with van der Waals surface area (Å²) in [6.07, 6.45) is 0.668. The van der Waals surface area contributed by atoms with Crippen LogP contribution in [0.25, 0.3) is 0 Å². The van der Waals surface area contributed by atoms with Crippen molar-refractivity contribution in [2.45, 2.75) is 44.0 Å². The molecule has 0 aromatic heterocycles. The minimum atomic E-state index is -3.69. The first-order valence-corrected chi connectivity index (χ1v) is 11.9. The molecule has 1 aliphatic heterocycles. The second-order valence-corrected chi connectivity index (χ2v) is 9.51. The molecule has 1 amide bonds. The molecule has 8 nitrogen and oxygen atoms in total. The van der Waals surface area contributed by atoms with Gasteiger partial charge in [0.15, 0.2) is 6.61 Å². The number of carbonyl (C=O) groups is 2. The Labute approximate surface area is 188 Å². The predicted molar refractivity (Wildman–Crippen MR) is 121 cm³/mol. The Kier molecular flexibility index (Phi) is 7.29. The van der Waals surface area contributed by atoms with E-state index in [1.54, 1.807) is 18.2 Å². The van der Waals surface area contributed by atoms with Crippen LogP contribution in [0.5, 0.6) is 0 Å². The van der Waals surface area contributed by atoms with Gasteiger partial charge < -0.3 is 10.1 Å². The lowest BCUT2D eigenvalue weighted by molar-refractivity contribution is -0.149. The molecule has 32 heavy (non-hydrogen) atoms. The largest absolute Gasteiger partial charge is 0.454 e. The summed E-state index contributed by atoms with van der Waals surface area (Å²) in [5, 5.41) is 2.72. The highest BCUT2D eigenvalue weighted by atomic mass is 32.2. The molecule has 0 aliphatic carbocycles. The molecule has 3 rings (SSSR count). The summed E-state index contributed by atoms with van der Waals surface area (Å²) in [5.74, 6) is -0.586. The van der Waals surface area contributed by atoms with Gasteiger partial charge in [-0.25, -0.2) is 13.2 Å². The Hall–Kier alpha value is -3.20. The van der Waals surface area contributed by atoms with Crippen molar-refractivity contribution in [2.75, 3.05) is 13.2 Å². The highest BCUT2D eigenvalue weighted by Gasteiger charge is 2.31. The maximum atomic E-state index is 12.2. The Bertz CT molecular complexity index is 1120. The third-order valence-electron chi connectivity index (χ3n) is 5.05. The first-order valence-electron chi connectivity index (χ1n) is 10.4. The van der Waals surface area contributed by atoms with E-state index in [-0.39, 0.29) is 10.7 Å². The predicted octanol–water partition coefficient (Wildman–Crippen LogP) is 2.14. The number of hydrogen-bond acceptors (Lipinski definition) is 6. The minimum absolute atomic E-state index is 0.0815. The number of ether oxygens (including phenoxy) is 1. The van der Waals surface area contributed by atoms with Gasteiger partial charge >= 0.3 is 5.97 Å². The van der Waals surface area contributed by atoms with Crippen molar-refractivity contribution in [3.63, 3.8) is 0 Å². The number of carbonyl (C=O) groups excluding carboxylic acids is 2. The highest BCUT2D eigenvalue weighted by molar-refractivity contribution is 7.90. The number of esters is 1. The number of fused-ring (bicyclic) bond motifs is 1. The summed E-state index contributed by atoms with van der Waals surface area (Å²) in [5.41, 5.74) is 2.76. The Morgan fingerprint density at radius 2 is 1.75 bits per heavy atom. The van der Waals surface area contributed by atoms with Gasteiger partial charge in [0.2, 0.25) is 0 Å². The Balaban J connectivity index is 1.46. The SMILES string of the molecule is CC(C)c1ccc(CCNC(=O)COC(=O)[C@H](C)N=C2NS(=O)(=O)c3ccccc32)cc1. The van der Waals surface area contributed by atoms with Crippen LogP contribution in [0.2, 0.25) is 0 Å². The van der Waals surface area contributed by atoms with Gasteiger partial charge in [-0.2, -0.15) is 0 Å². The van der Waals surface area contributed by atoms with Crippen molar-refractivity contribution in [3.05, 3.63) is 65.2 Å². The van der Waals surface area contributed by atoms with E-state index in [1.165, 1.54) is 18.6 Å². The van der Waals surface area contributed by atoms with Crippen LogP contribution >= 0.6 is 0 Å². The van der Waals surface area contributed by atoms with Crippen molar-refractivity contribution in [3.8, 4) is 0 Å². The van der Waals surface area contributed by atoms with Crippen molar-refractivity contribution in [2.24, 2.45) is 4.99 Å². The standard InChI is InChI=1S/C23H27N3O5S/c1-15(2)18-10-8-17(9-11-18)12-13-24-21(27)14-31-23(28)16(3)25-22-19-6-4-5-7-20(19)32(29,30)26-22/h4-11,15-16H,12-14H2,1-3H3,(H,24,27)(H,25,26)/t16-/m0/s1. The zero-order chi connectivity index (χ0) is 23.3. The van der Waals surface area contributed by atoms with Crippen LogP contribution in [0.4, 0.5) is 0 Å². The smallest absolute Gasteiger partial charge is 0.331 e. The zero-order valence-electron chi connectivity index (χ0n) is 18.3. The van der Waals surface area contributed by atoms with Crippen LogP contribution in [0, 0.1) is 0 Å². The average Bonchev–Trinajstić information content (AvgIpc) is 3.02. The quantitative estimate of drug-likeness (QED) is 0.590. The number of rotatable bonds is 8. The van der Waals surface area contributed by atoms with Crippen LogP contribution in [0.1, 0.15) is 43.4 Å². The number of aliphatic imine (C=N–C) groups is 1. The van der Waals surface area contributed by atoms with Crippen molar-refractivity contribution >= 4 is 27.7 Å². The van der Waals surface area contributed by atoms with Gasteiger partial charge in [-0.15, -0.1) is 0 Å². The van der Waals surface area contributed by atoms with E-state index in [2.05, 4.69) is 41.0 Å². The maximum Gasteiger partial charge on any atom is 0.331 e. The molecule has 2 aromatic rings. The molecule has 2 N–H and O–H groups in total. The molecule has 2 aromatic carbocycles. The Morgan fingerprint density at radius 1 is 1.06 bits per heavy atom. The molecule has 0 fully saturated rings. The van der Waals surface area contributed by atoms with E-state index in [0.29, 0.717) is 24.4 Å². The average molecular weight is 458 g/mol. The lowest BCUT2D eigenvalue weighted by atomic mass is 10.0. The number of hydrogen-bond donors (Lipinski definition) is 2. The summed E-state index contributed by atoms with van der Waals surface area (Å²) < 4.78 is 31.6. The fraction of sp³-hybridized carbons (Fsp3) is 0.348. The van der Waals surface area contributed by atoms with Gasteiger partial charge in [0, 0.05) is 12.1 Å². The van der Waals surface area contributed by atoms with Crippen LogP contribution in [0.3, 0.4) is 0 Å². The number of nitrogens with zero attached hydrogens (tertiary/aromatic N) is 1. The fourth-order valence-corrected chi connectivity index (χ4v) is 4.44. The number of benzene rings is 2. The van der Waals surface area contributed by atoms with E-state index in [0.717, 1.165) is 5.56 Å². The van der Waals surface area contributed by atoms with Gasteiger partial charge in [0.25, 0.3) is 15.9 Å². The maximum absolute atomic E-state index is 12.2. The number of sulfonamides is 1. The van der Waals surface area contributed by atoms with E-state index in [9.17, 15) is 18.0 Å². The topological polar surface area (TPSA) is 114 Å². The number of amides is 1. The third kappa shape index (κ3) is 5.73. The molecule has 170 valence electrons. The van der Waals surface area contributed by atoms with E-state index in [1.807, 2.05) is 12.1 Å². The monoisotopic (exact) mass is 457 g/mol. The van der Waals surface area contributed by atoms with Crippen molar-refractivity contribution < 1.29 is 22.7 Å². The molecule has 9 heteroatoms. The Morgan fingerprint density at radius 3 is 2.44 bits per heavy atom. The summed E-state index contributed by atoms with van der Waals surface area (Å²) in [4.78, 5) is 28.4. The molecule has 0 unspecified atom stereocenters. The van der Waals surface area contributed by atoms with Crippen LogP contribution in [0.15, 0.2) is 58.4 Å². The first kappa shape index (κ1) is 23.5. The molecular weight excluding hydrogens is 430 g/mol. The summed E-state index contributed by atoms with van der Waals surface area (Å²) in [6.45, 7) is 5.74. The van der Waals surface area contributed by atoms with Crippen LogP contribution in [-0.4, -0.2) is 45.3 Å². The summed E-state index contributed by atoms with van der Waals surface area (Å²) in [7, 11) is -3.69. The first-order chi connectivity index (χ1) is 15.2. The van der Waals surface area contributed by atoms with E-state index >= 15 is 0 Å². The molecule has 0 saturated heterocycles. The summed E-state index contributed by atoms with van der Waals surface area (Å²) in [6, 6.07) is 13.6. The van der Waals surface area contributed by atoms with Gasteiger partial charge in [-0.05, 0) is 42.5 Å². The molecule has 1 aliphatic rings.